The largest absolute Gasteiger partial charge is 0.394 e. The fourth-order valence-corrected chi connectivity index (χ4v) is 3.28. The number of hydrogen-bond acceptors (Lipinski definition) is 3. The van der Waals surface area contributed by atoms with E-state index in [-0.39, 0.29) is 18.5 Å². The minimum Gasteiger partial charge on any atom is -0.394 e. The Kier molecular flexibility index (Phi) is 6.79. The average Bonchev–Trinajstić information content (AvgIpc) is 3.19. The van der Waals surface area contributed by atoms with Crippen molar-refractivity contribution < 1.29 is 14.3 Å². The van der Waals surface area contributed by atoms with Gasteiger partial charge in [-0.1, -0.05) is 36.4 Å². The average molecular weight is 371 g/mol. The molecule has 1 aliphatic rings. The van der Waals surface area contributed by atoms with Crippen LogP contribution in [0.15, 0.2) is 48.5 Å². The summed E-state index contributed by atoms with van der Waals surface area (Å²) in [6, 6.07) is 13.0. The summed E-state index contributed by atoms with van der Waals surface area (Å²) >= 11 is 0. The van der Waals surface area contributed by atoms with Crippen molar-refractivity contribution in [2.24, 2.45) is 0 Å². The highest BCUT2D eigenvalue weighted by atomic mass is 19.1. The molecule has 2 aromatic carbocycles. The Balaban J connectivity index is 1.47. The van der Waals surface area contributed by atoms with Crippen molar-refractivity contribution in [2.45, 2.75) is 32.0 Å². The fraction of sp³-hybridized carbons (Fsp3) is 0.381. The maximum Gasteiger partial charge on any atom is 0.315 e. The molecular weight excluding hydrogens is 345 g/mol. The van der Waals surface area contributed by atoms with Crippen molar-refractivity contribution in [2.75, 3.05) is 19.7 Å². The van der Waals surface area contributed by atoms with Gasteiger partial charge in [0.1, 0.15) is 5.82 Å². The maximum atomic E-state index is 13.0. The first-order valence-electron chi connectivity index (χ1n) is 9.35. The van der Waals surface area contributed by atoms with Crippen LogP contribution in [0.3, 0.4) is 0 Å². The summed E-state index contributed by atoms with van der Waals surface area (Å²) in [5.74, 6) is -0.354. The first-order valence-corrected chi connectivity index (χ1v) is 9.35. The zero-order valence-corrected chi connectivity index (χ0v) is 15.3. The van der Waals surface area contributed by atoms with E-state index in [1.807, 2.05) is 12.1 Å². The summed E-state index contributed by atoms with van der Waals surface area (Å²) in [7, 11) is 0. The Bertz CT molecular complexity index is 728. The number of nitrogens with one attached hydrogen (secondary N) is 2. The van der Waals surface area contributed by atoms with Crippen molar-refractivity contribution in [3.05, 3.63) is 71.0 Å². The van der Waals surface area contributed by atoms with Gasteiger partial charge in [0, 0.05) is 13.1 Å². The first-order chi connectivity index (χ1) is 13.1. The van der Waals surface area contributed by atoms with Gasteiger partial charge in [-0.15, -0.1) is 0 Å². The number of hydrogen-bond donors (Lipinski definition) is 3. The first kappa shape index (κ1) is 19.3. The van der Waals surface area contributed by atoms with Crippen LogP contribution >= 0.6 is 0 Å². The van der Waals surface area contributed by atoms with Gasteiger partial charge in [0.2, 0.25) is 0 Å². The van der Waals surface area contributed by atoms with E-state index in [1.165, 1.54) is 43.6 Å². The van der Waals surface area contributed by atoms with E-state index >= 15 is 0 Å². The highest BCUT2D eigenvalue weighted by Gasteiger charge is 2.14. The van der Waals surface area contributed by atoms with Crippen LogP contribution in [0.4, 0.5) is 9.18 Å². The van der Waals surface area contributed by atoms with Crippen molar-refractivity contribution in [1.82, 2.24) is 15.5 Å². The van der Waals surface area contributed by atoms with Gasteiger partial charge < -0.3 is 15.7 Å². The highest BCUT2D eigenvalue weighted by Crippen LogP contribution is 2.14. The van der Waals surface area contributed by atoms with Crippen molar-refractivity contribution in [3.8, 4) is 0 Å². The van der Waals surface area contributed by atoms with E-state index in [1.54, 1.807) is 12.1 Å². The van der Waals surface area contributed by atoms with Gasteiger partial charge in [-0.25, -0.2) is 9.18 Å². The van der Waals surface area contributed by atoms with E-state index in [9.17, 15) is 14.3 Å². The molecule has 1 aliphatic heterocycles. The Morgan fingerprint density at radius 2 is 1.67 bits per heavy atom. The topological polar surface area (TPSA) is 64.6 Å². The lowest BCUT2D eigenvalue weighted by Crippen LogP contribution is -2.38. The molecule has 0 bridgehead atoms. The SMILES string of the molecule is O=C(NCc1ccc(CN2CCCC2)cc1)N[C@H](CO)c1ccc(F)cc1. The second-order valence-electron chi connectivity index (χ2n) is 6.91. The summed E-state index contributed by atoms with van der Waals surface area (Å²) in [5.41, 5.74) is 2.94. The van der Waals surface area contributed by atoms with E-state index in [0.717, 1.165) is 12.1 Å². The number of amides is 2. The minimum absolute atomic E-state index is 0.260. The molecule has 0 unspecified atom stereocenters. The summed E-state index contributed by atoms with van der Waals surface area (Å²) < 4.78 is 13.0. The van der Waals surface area contributed by atoms with Crippen LogP contribution < -0.4 is 10.6 Å². The molecule has 0 aliphatic carbocycles. The molecule has 0 aromatic heterocycles. The summed E-state index contributed by atoms with van der Waals surface area (Å²) in [6.07, 6.45) is 2.56. The van der Waals surface area contributed by atoms with Gasteiger partial charge in [-0.05, 0) is 54.8 Å². The smallest absolute Gasteiger partial charge is 0.315 e. The van der Waals surface area contributed by atoms with Gasteiger partial charge in [0.25, 0.3) is 0 Å². The third-order valence-corrected chi connectivity index (χ3v) is 4.84. The predicted molar refractivity (Wildman–Crippen MR) is 103 cm³/mol. The van der Waals surface area contributed by atoms with Crippen molar-refractivity contribution >= 4 is 6.03 Å². The van der Waals surface area contributed by atoms with Crippen LogP contribution in [0.5, 0.6) is 0 Å². The number of carbonyl (C=O) groups is 1. The predicted octanol–water partition coefficient (Wildman–Crippen LogP) is 2.95. The number of aliphatic hydroxyl groups excluding tert-OH is 1. The second-order valence-corrected chi connectivity index (χ2v) is 6.91. The molecule has 1 atom stereocenters. The number of urea groups is 1. The number of benzene rings is 2. The molecule has 2 amide bonds. The molecule has 0 radical (unpaired) electrons. The zero-order valence-electron chi connectivity index (χ0n) is 15.3. The molecule has 3 rings (SSSR count). The van der Waals surface area contributed by atoms with Crippen LogP contribution in [0, 0.1) is 5.82 Å². The number of nitrogens with zero attached hydrogens (tertiary/aromatic N) is 1. The molecule has 0 spiro atoms. The normalized spacial score (nSPS) is 15.5. The highest BCUT2D eigenvalue weighted by molar-refractivity contribution is 5.74. The lowest BCUT2D eigenvalue weighted by atomic mass is 10.1. The van der Waals surface area contributed by atoms with Crippen LogP contribution in [0.2, 0.25) is 0 Å². The Hall–Kier alpha value is -2.44. The van der Waals surface area contributed by atoms with E-state index in [4.69, 9.17) is 0 Å². The Labute approximate surface area is 159 Å². The third kappa shape index (κ3) is 5.77. The third-order valence-electron chi connectivity index (χ3n) is 4.84. The molecule has 1 saturated heterocycles. The number of rotatable bonds is 7. The molecule has 144 valence electrons. The van der Waals surface area contributed by atoms with Gasteiger partial charge in [0.15, 0.2) is 0 Å². The number of aliphatic hydroxyl groups is 1. The molecule has 2 aromatic rings. The molecule has 0 saturated carbocycles. The zero-order chi connectivity index (χ0) is 19.1. The Morgan fingerprint density at radius 1 is 1.04 bits per heavy atom. The molecule has 6 heteroatoms. The standard InChI is InChI=1S/C21H26FN3O2/c22-19-9-7-18(8-10-19)20(15-26)24-21(27)23-13-16-3-5-17(6-4-16)14-25-11-1-2-12-25/h3-10,20,26H,1-2,11-15H2,(H2,23,24,27)/t20-/m1/s1. The van der Waals surface area contributed by atoms with Crippen LogP contribution in [-0.2, 0) is 13.1 Å². The number of likely N-dealkylation sites (tertiary alicyclic amines) is 1. The lowest BCUT2D eigenvalue weighted by Gasteiger charge is -2.17. The van der Waals surface area contributed by atoms with Gasteiger partial charge in [0.05, 0.1) is 12.6 Å². The van der Waals surface area contributed by atoms with E-state index in [0.29, 0.717) is 12.1 Å². The Morgan fingerprint density at radius 3 is 2.30 bits per heavy atom. The molecule has 3 N–H and O–H groups in total. The van der Waals surface area contributed by atoms with E-state index in [2.05, 4.69) is 27.7 Å². The lowest BCUT2D eigenvalue weighted by molar-refractivity contribution is 0.216. The van der Waals surface area contributed by atoms with Gasteiger partial charge in [-0.2, -0.15) is 0 Å². The number of halogens is 1. The fourth-order valence-electron chi connectivity index (χ4n) is 3.28. The van der Waals surface area contributed by atoms with Crippen molar-refractivity contribution in [3.63, 3.8) is 0 Å². The van der Waals surface area contributed by atoms with E-state index < -0.39 is 6.04 Å². The van der Waals surface area contributed by atoms with Gasteiger partial charge >= 0.3 is 6.03 Å². The quantitative estimate of drug-likeness (QED) is 0.701. The molecule has 27 heavy (non-hydrogen) atoms. The van der Waals surface area contributed by atoms with Crippen molar-refractivity contribution in [1.29, 1.82) is 0 Å². The second kappa shape index (κ2) is 9.48. The summed E-state index contributed by atoms with van der Waals surface area (Å²) in [6.45, 7) is 3.46. The maximum absolute atomic E-state index is 13.0. The van der Waals surface area contributed by atoms with Gasteiger partial charge in [-0.3, -0.25) is 4.90 Å². The molecule has 5 nitrogen and oxygen atoms in total. The number of carbonyl (C=O) groups excluding carboxylic acids is 1. The monoisotopic (exact) mass is 371 g/mol. The summed E-state index contributed by atoms with van der Waals surface area (Å²) in [4.78, 5) is 14.6. The van der Waals surface area contributed by atoms with Crippen LogP contribution in [-0.4, -0.2) is 35.7 Å². The molecule has 1 heterocycles. The molecular formula is C21H26FN3O2. The minimum atomic E-state index is -0.576. The van der Waals surface area contributed by atoms with Crippen LogP contribution in [0.25, 0.3) is 0 Å². The van der Waals surface area contributed by atoms with Crippen LogP contribution in [0.1, 0.15) is 35.6 Å². The molecule has 1 fully saturated rings. The summed E-state index contributed by atoms with van der Waals surface area (Å²) in [5, 5.41) is 15.0.